The molecule has 1 aromatic heterocycles. The van der Waals surface area contributed by atoms with Crippen LogP contribution in [-0.2, 0) is 6.54 Å². The summed E-state index contributed by atoms with van der Waals surface area (Å²) in [5.74, 6) is 0. The van der Waals surface area contributed by atoms with Crippen molar-refractivity contribution in [3.8, 4) is 0 Å². The first-order chi connectivity index (χ1) is 6.92. The van der Waals surface area contributed by atoms with Crippen molar-refractivity contribution in [1.82, 2.24) is 15.0 Å². The van der Waals surface area contributed by atoms with E-state index in [1.807, 2.05) is 6.92 Å². The van der Waals surface area contributed by atoms with Crippen molar-refractivity contribution in [2.45, 2.75) is 37.9 Å². The Labute approximate surface area is 90.2 Å². The lowest BCUT2D eigenvalue weighted by Gasteiger charge is -2.04. The van der Waals surface area contributed by atoms with Gasteiger partial charge in [0.05, 0.1) is 18.3 Å². The van der Waals surface area contributed by atoms with Crippen molar-refractivity contribution in [2.75, 3.05) is 0 Å². The molecule has 0 aliphatic rings. The van der Waals surface area contributed by atoms with Crippen LogP contribution < -0.4 is 0 Å². The van der Waals surface area contributed by atoms with Crippen LogP contribution in [0.4, 0.5) is 13.2 Å². The van der Waals surface area contributed by atoms with Crippen LogP contribution in [0.3, 0.4) is 0 Å². The average molecular weight is 242 g/mol. The van der Waals surface area contributed by atoms with Gasteiger partial charge in [-0.05, 0) is 6.42 Å². The molecule has 0 aromatic carbocycles. The number of alkyl halides is 4. The molecule has 0 radical (unpaired) electrons. The molecular formula is C8H11ClF3N3. The predicted molar refractivity (Wildman–Crippen MR) is 49.6 cm³/mol. The third-order valence-corrected chi connectivity index (χ3v) is 2.39. The van der Waals surface area contributed by atoms with Crippen LogP contribution >= 0.6 is 11.6 Å². The summed E-state index contributed by atoms with van der Waals surface area (Å²) in [5.41, 5.74) is 0.515. The van der Waals surface area contributed by atoms with Gasteiger partial charge in [0.25, 0.3) is 0 Å². The molecule has 0 N–H and O–H groups in total. The molecule has 1 aromatic rings. The van der Waals surface area contributed by atoms with E-state index in [2.05, 4.69) is 10.3 Å². The van der Waals surface area contributed by atoms with Crippen LogP contribution in [0, 0.1) is 0 Å². The summed E-state index contributed by atoms with van der Waals surface area (Å²) in [6, 6.07) is 0. The van der Waals surface area contributed by atoms with Gasteiger partial charge in [-0.15, -0.1) is 16.7 Å². The largest absolute Gasteiger partial charge is 0.390 e. The minimum absolute atomic E-state index is 0.218. The monoisotopic (exact) mass is 241 g/mol. The summed E-state index contributed by atoms with van der Waals surface area (Å²) in [4.78, 5) is 0. The summed E-state index contributed by atoms with van der Waals surface area (Å²) in [5, 5.41) is 6.98. The van der Waals surface area contributed by atoms with Crippen molar-refractivity contribution in [3.05, 3.63) is 11.9 Å². The summed E-state index contributed by atoms with van der Waals surface area (Å²) in [6.45, 7) is 1.65. The van der Waals surface area contributed by atoms with Gasteiger partial charge >= 0.3 is 6.18 Å². The summed E-state index contributed by atoms with van der Waals surface area (Å²) in [7, 11) is 0. The molecule has 0 bridgehead atoms. The van der Waals surface area contributed by atoms with Crippen molar-refractivity contribution in [2.24, 2.45) is 0 Å². The van der Waals surface area contributed by atoms with Crippen molar-refractivity contribution >= 4 is 11.6 Å². The Bertz CT molecular complexity index is 310. The van der Waals surface area contributed by atoms with Crippen LogP contribution in [0.2, 0.25) is 0 Å². The molecule has 1 rings (SSSR count). The zero-order valence-corrected chi connectivity index (χ0v) is 8.89. The summed E-state index contributed by atoms with van der Waals surface area (Å²) < 4.78 is 36.8. The van der Waals surface area contributed by atoms with Crippen LogP contribution in [-0.4, -0.2) is 21.2 Å². The smallest absolute Gasteiger partial charge is 0.252 e. The maximum atomic E-state index is 11.9. The van der Waals surface area contributed by atoms with E-state index >= 15 is 0 Å². The molecule has 0 spiro atoms. The van der Waals surface area contributed by atoms with Gasteiger partial charge in [-0.2, -0.15) is 13.2 Å². The highest BCUT2D eigenvalue weighted by atomic mass is 35.5. The lowest BCUT2D eigenvalue weighted by Crippen LogP contribution is -2.12. The van der Waals surface area contributed by atoms with Gasteiger partial charge in [0.1, 0.15) is 5.69 Å². The quantitative estimate of drug-likeness (QED) is 0.759. The van der Waals surface area contributed by atoms with Gasteiger partial charge in [0.15, 0.2) is 0 Å². The summed E-state index contributed by atoms with van der Waals surface area (Å²) >= 11 is 5.86. The number of halogens is 4. The zero-order chi connectivity index (χ0) is 11.5. The number of aromatic nitrogens is 3. The first-order valence-electron chi connectivity index (χ1n) is 4.53. The standard InChI is InChI=1S/C8H11ClF3N3/c1-2-6(9)7-5-15(14-13-7)4-3-8(10,11)12/h5-6H,2-4H2,1H3. The van der Waals surface area contributed by atoms with E-state index in [0.717, 1.165) is 4.68 Å². The molecular weight excluding hydrogens is 231 g/mol. The minimum Gasteiger partial charge on any atom is -0.252 e. The molecule has 0 fully saturated rings. The molecule has 0 aliphatic heterocycles. The van der Waals surface area contributed by atoms with E-state index < -0.39 is 12.6 Å². The lowest BCUT2D eigenvalue weighted by molar-refractivity contribution is -0.137. The van der Waals surface area contributed by atoms with Gasteiger partial charge in [-0.25, -0.2) is 0 Å². The highest BCUT2D eigenvalue weighted by molar-refractivity contribution is 6.20. The Kier molecular flexibility index (Phi) is 3.96. The van der Waals surface area contributed by atoms with Gasteiger partial charge in [0, 0.05) is 6.20 Å². The number of aryl methyl sites for hydroxylation is 1. The van der Waals surface area contributed by atoms with E-state index in [0.29, 0.717) is 12.1 Å². The summed E-state index contributed by atoms with van der Waals surface area (Å²) in [6.07, 6.45) is -2.96. The van der Waals surface area contributed by atoms with Gasteiger partial charge < -0.3 is 0 Å². The molecule has 15 heavy (non-hydrogen) atoms. The number of hydrogen-bond donors (Lipinski definition) is 0. The van der Waals surface area contributed by atoms with E-state index in [-0.39, 0.29) is 11.9 Å². The van der Waals surface area contributed by atoms with Gasteiger partial charge in [-0.3, -0.25) is 4.68 Å². The molecule has 1 atom stereocenters. The predicted octanol–water partition coefficient (Wildman–Crippen LogP) is 2.92. The molecule has 0 aliphatic carbocycles. The normalized spacial score (nSPS) is 14.2. The van der Waals surface area contributed by atoms with E-state index in [1.54, 1.807) is 0 Å². The Morgan fingerprint density at radius 1 is 1.53 bits per heavy atom. The maximum absolute atomic E-state index is 11.9. The van der Waals surface area contributed by atoms with Gasteiger partial charge in [0.2, 0.25) is 0 Å². The second-order valence-corrected chi connectivity index (χ2v) is 3.67. The maximum Gasteiger partial charge on any atom is 0.390 e. The highest BCUT2D eigenvalue weighted by Gasteiger charge is 2.27. The Hall–Kier alpha value is -0.780. The average Bonchev–Trinajstić information content (AvgIpc) is 2.61. The molecule has 1 heterocycles. The third-order valence-electron chi connectivity index (χ3n) is 1.86. The zero-order valence-electron chi connectivity index (χ0n) is 8.13. The number of nitrogens with zero attached hydrogens (tertiary/aromatic N) is 3. The van der Waals surface area contributed by atoms with Crippen LogP contribution in [0.5, 0.6) is 0 Å². The number of hydrogen-bond acceptors (Lipinski definition) is 2. The highest BCUT2D eigenvalue weighted by Crippen LogP contribution is 2.22. The fourth-order valence-electron chi connectivity index (χ4n) is 1.02. The fraction of sp³-hybridized carbons (Fsp3) is 0.750. The Balaban J connectivity index is 2.53. The van der Waals surface area contributed by atoms with Crippen LogP contribution in [0.25, 0.3) is 0 Å². The van der Waals surface area contributed by atoms with Crippen LogP contribution in [0.15, 0.2) is 6.20 Å². The second-order valence-electron chi connectivity index (χ2n) is 3.15. The van der Waals surface area contributed by atoms with Crippen molar-refractivity contribution < 1.29 is 13.2 Å². The molecule has 0 saturated heterocycles. The van der Waals surface area contributed by atoms with Crippen molar-refractivity contribution in [3.63, 3.8) is 0 Å². The Morgan fingerprint density at radius 3 is 2.73 bits per heavy atom. The minimum atomic E-state index is -4.17. The molecule has 0 saturated carbocycles. The fourth-order valence-corrected chi connectivity index (χ4v) is 1.12. The second kappa shape index (κ2) is 4.83. The molecule has 1 unspecified atom stereocenters. The first kappa shape index (κ1) is 12.3. The number of rotatable bonds is 4. The molecule has 86 valence electrons. The van der Waals surface area contributed by atoms with E-state index in [1.165, 1.54) is 6.20 Å². The SMILES string of the molecule is CCC(Cl)c1cn(CCC(F)(F)F)nn1. The van der Waals surface area contributed by atoms with Crippen molar-refractivity contribution in [1.29, 1.82) is 0 Å². The molecule has 3 nitrogen and oxygen atoms in total. The lowest BCUT2D eigenvalue weighted by atomic mass is 10.3. The molecule has 7 heteroatoms. The topological polar surface area (TPSA) is 30.7 Å². The Morgan fingerprint density at radius 2 is 2.20 bits per heavy atom. The first-order valence-corrected chi connectivity index (χ1v) is 4.97. The third kappa shape index (κ3) is 4.07. The van der Waals surface area contributed by atoms with Gasteiger partial charge in [-0.1, -0.05) is 12.1 Å². The van der Waals surface area contributed by atoms with E-state index in [9.17, 15) is 13.2 Å². The van der Waals surface area contributed by atoms with E-state index in [4.69, 9.17) is 11.6 Å². The van der Waals surface area contributed by atoms with Crippen LogP contribution in [0.1, 0.15) is 30.8 Å². The molecule has 0 amide bonds.